The Morgan fingerprint density at radius 1 is 1.41 bits per heavy atom. The van der Waals surface area contributed by atoms with Crippen molar-refractivity contribution in [2.45, 2.75) is 31.8 Å². The van der Waals surface area contributed by atoms with E-state index in [1.807, 2.05) is 37.4 Å². The van der Waals surface area contributed by atoms with E-state index in [-0.39, 0.29) is 11.9 Å². The number of likely N-dealkylation sites (N-methyl/N-ethyl adjacent to an activating group) is 1. The maximum absolute atomic E-state index is 12.0. The smallest absolute Gasteiger partial charge is 0.239 e. The van der Waals surface area contributed by atoms with Crippen molar-refractivity contribution in [2.24, 2.45) is 11.7 Å². The summed E-state index contributed by atoms with van der Waals surface area (Å²) < 4.78 is 0. The quantitative estimate of drug-likeness (QED) is 0.841. The zero-order valence-electron chi connectivity index (χ0n) is 10.3. The third-order valence-corrected chi connectivity index (χ3v) is 3.24. The highest BCUT2D eigenvalue weighted by atomic mass is 16.2. The second-order valence-electron chi connectivity index (χ2n) is 4.97. The molecular weight excluding hydrogens is 212 g/mol. The van der Waals surface area contributed by atoms with Crippen LogP contribution in [0.5, 0.6) is 0 Å². The van der Waals surface area contributed by atoms with Crippen LogP contribution in [0.15, 0.2) is 30.3 Å². The molecule has 0 radical (unpaired) electrons. The lowest BCUT2D eigenvalue weighted by molar-refractivity contribution is -0.132. The van der Waals surface area contributed by atoms with Gasteiger partial charge in [-0.2, -0.15) is 0 Å². The zero-order chi connectivity index (χ0) is 12.3. The van der Waals surface area contributed by atoms with Gasteiger partial charge in [0.1, 0.15) is 0 Å². The molecule has 2 rings (SSSR count). The summed E-state index contributed by atoms with van der Waals surface area (Å²) in [6.07, 6.45) is 3.32. The van der Waals surface area contributed by atoms with E-state index < -0.39 is 0 Å². The Bertz CT molecular complexity index is 373. The fourth-order valence-corrected chi connectivity index (χ4v) is 2.03. The minimum atomic E-state index is -0.323. The molecule has 1 aliphatic carbocycles. The van der Waals surface area contributed by atoms with Gasteiger partial charge in [-0.1, -0.05) is 43.2 Å². The van der Waals surface area contributed by atoms with Crippen molar-refractivity contribution in [3.05, 3.63) is 35.9 Å². The van der Waals surface area contributed by atoms with Crippen molar-refractivity contribution in [3.63, 3.8) is 0 Å². The van der Waals surface area contributed by atoms with Gasteiger partial charge in [-0.25, -0.2) is 0 Å². The summed E-state index contributed by atoms with van der Waals surface area (Å²) in [7, 11) is 1.82. The molecule has 1 atom stereocenters. The van der Waals surface area contributed by atoms with Crippen LogP contribution in [-0.2, 0) is 11.3 Å². The lowest BCUT2D eigenvalue weighted by Crippen LogP contribution is -2.41. The van der Waals surface area contributed by atoms with Crippen LogP contribution >= 0.6 is 0 Å². The van der Waals surface area contributed by atoms with Crippen molar-refractivity contribution in [1.29, 1.82) is 0 Å². The number of carbonyl (C=O) groups is 1. The lowest BCUT2D eigenvalue weighted by Gasteiger charge is -2.21. The summed E-state index contributed by atoms with van der Waals surface area (Å²) in [5.74, 6) is 0.750. The molecule has 1 aromatic rings. The Labute approximate surface area is 103 Å². The van der Waals surface area contributed by atoms with Gasteiger partial charge in [-0.05, 0) is 17.9 Å². The number of amides is 1. The second-order valence-corrected chi connectivity index (χ2v) is 4.97. The molecule has 0 aromatic heterocycles. The van der Waals surface area contributed by atoms with Crippen molar-refractivity contribution in [3.8, 4) is 0 Å². The number of hydrogen-bond acceptors (Lipinski definition) is 2. The monoisotopic (exact) mass is 232 g/mol. The predicted octanol–water partition coefficient (Wildman–Crippen LogP) is 1.77. The molecular formula is C14H20N2O. The fraction of sp³-hybridized carbons (Fsp3) is 0.500. The van der Waals surface area contributed by atoms with Crippen LogP contribution in [0.3, 0.4) is 0 Å². The van der Waals surface area contributed by atoms with Gasteiger partial charge in [0.05, 0.1) is 6.04 Å². The highest BCUT2D eigenvalue weighted by molar-refractivity contribution is 5.81. The molecule has 1 saturated carbocycles. The Morgan fingerprint density at radius 3 is 2.65 bits per heavy atom. The molecule has 0 bridgehead atoms. The number of carbonyl (C=O) groups excluding carboxylic acids is 1. The molecule has 17 heavy (non-hydrogen) atoms. The highest BCUT2D eigenvalue weighted by Gasteiger charge is 2.28. The maximum atomic E-state index is 12.0. The van der Waals surface area contributed by atoms with Crippen LogP contribution in [0.4, 0.5) is 0 Å². The minimum absolute atomic E-state index is 0.0563. The van der Waals surface area contributed by atoms with Gasteiger partial charge in [0.25, 0.3) is 0 Å². The molecule has 0 unspecified atom stereocenters. The van der Waals surface area contributed by atoms with Crippen LogP contribution in [0.25, 0.3) is 0 Å². The van der Waals surface area contributed by atoms with Crippen LogP contribution in [0.2, 0.25) is 0 Å². The fourth-order valence-electron chi connectivity index (χ4n) is 2.03. The first-order valence-electron chi connectivity index (χ1n) is 6.21. The van der Waals surface area contributed by atoms with Crippen LogP contribution in [0.1, 0.15) is 24.8 Å². The third kappa shape index (κ3) is 3.56. The second kappa shape index (κ2) is 5.32. The van der Waals surface area contributed by atoms with Crippen molar-refractivity contribution in [1.82, 2.24) is 4.90 Å². The van der Waals surface area contributed by atoms with E-state index in [0.29, 0.717) is 12.5 Å². The normalized spacial score (nSPS) is 16.6. The van der Waals surface area contributed by atoms with Crippen LogP contribution in [0, 0.1) is 5.92 Å². The van der Waals surface area contributed by atoms with Gasteiger partial charge in [-0.15, -0.1) is 0 Å². The molecule has 0 heterocycles. The number of rotatable bonds is 5. The lowest BCUT2D eigenvalue weighted by atomic mass is 10.1. The topological polar surface area (TPSA) is 46.3 Å². The van der Waals surface area contributed by atoms with E-state index >= 15 is 0 Å². The minimum Gasteiger partial charge on any atom is -0.340 e. The van der Waals surface area contributed by atoms with Gasteiger partial charge in [-0.3, -0.25) is 4.79 Å². The first kappa shape index (κ1) is 12.1. The number of benzene rings is 1. The Morgan fingerprint density at radius 2 is 2.06 bits per heavy atom. The number of nitrogens with two attached hydrogens (primary N) is 1. The molecule has 1 fully saturated rings. The molecule has 0 saturated heterocycles. The largest absolute Gasteiger partial charge is 0.340 e. The standard InChI is InChI=1S/C14H20N2O/c1-16(10-12-5-3-2-4-6-12)14(17)13(15)9-11-7-8-11/h2-6,11,13H,7-10,15H2,1H3/t13-/m0/s1. The van der Waals surface area contributed by atoms with Gasteiger partial charge in [0.15, 0.2) is 0 Å². The Balaban J connectivity index is 1.85. The predicted molar refractivity (Wildman–Crippen MR) is 68.2 cm³/mol. The molecule has 1 aromatic carbocycles. The van der Waals surface area contributed by atoms with Crippen molar-refractivity contribution < 1.29 is 4.79 Å². The van der Waals surface area contributed by atoms with Gasteiger partial charge >= 0.3 is 0 Å². The summed E-state index contributed by atoms with van der Waals surface area (Å²) in [5.41, 5.74) is 7.06. The molecule has 92 valence electrons. The van der Waals surface area contributed by atoms with Crippen LogP contribution in [-0.4, -0.2) is 23.9 Å². The average Bonchev–Trinajstić information content (AvgIpc) is 3.13. The summed E-state index contributed by atoms with van der Waals surface area (Å²) >= 11 is 0. The molecule has 3 heteroatoms. The highest BCUT2D eigenvalue weighted by Crippen LogP contribution is 2.33. The SMILES string of the molecule is CN(Cc1ccccc1)C(=O)[C@@H](N)CC1CC1. The van der Waals surface area contributed by atoms with E-state index in [2.05, 4.69) is 0 Å². The summed E-state index contributed by atoms with van der Waals surface area (Å²) in [5, 5.41) is 0. The van der Waals surface area contributed by atoms with E-state index in [1.165, 1.54) is 12.8 Å². The molecule has 1 aliphatic rings. The first-order valence-corrected chi connectivity index (χ1v) is 6.21. The van der Waals surface area contributed by atoms with Gasteiger partial charge < -0.3 is 10.6 Å². The summed E-state index contributed by atoms with van der Waals surface area (Å²) in [4.78, 5) is 13.7. The van der Waals surface area contributed by atoms with E-state index in [9.17, 15) is 4.79 Å². The molecule has 0 aliphatic heterocycles. The number of nitrogens with zero attached hydrogens (tertiary/aromatic N) is 1. The van der Waals surface area contributed by atoms with E-state index in [0.717, 1.165) is 12.0 Å². The molecule has 0 spiro atoms. The van der Waals surface area contributed by atoms with Gasteiger partial charge in [0, 0.05) is 13.6 Å². The van der Waals surface area contributed by atoms with E-state index in [4.69, 9.17) is 5.73 Å². The summed E-state index contributed by atoms with van der Waals surface area (Å²) in [6, 6.07) is 9.67. The van der Waals surface area contributed by atoms with Gasteiger partial charge in [0.2, 0.25) is 5.91 Å². The average molecular weight is 232 g/mol. The Kier molecular flexibility index (Phi) is 3.79. The first-order chi connectivity index (χ1) is 8.16. The third-order valence-electron chi connectivity index (χ3n) is 3.24. The van der Waals surface area contributed by atoms with E-state index in [1.54, 1.807) is 4.90 Å². The zero-order valence-corrected chi connectivity index (χ0v) is 10.3. The Hall–Kier alpha value is -1.35. The van der Waals surface area contributed by atoms with Crippen LogP contribution < -0.4 is 5.73 Å². The van der Waals surface area contributed by atoms with Crippen molar-refractivity contribution in [2.75, 3.05) is 7.05 Å². The molecule has 3 nitrogen and oxygen atoms in total. The molecule has 1 amide bonds. The summed E-state index contributed by atoms with van der Waals surface area (Å²) in [6.45, 7) is 0.637. The van der Waals surface area contributed by atoms with Crippen molar-refractivity contribution >= 4 is 5.91 Å². The maximum Gasteiger partial charge on any atom is 0.239 e. The number of hydrogen-bond donors (Lipinski definition) is 1. The molecule has 2 N–H and O–H groups in total.